The first kappa shape index (κ1) is 15.5. The number of hydrogen-bond donors (Lipinski definition) is 1. The van der Waals surface area contributed by atoms with Gasteiger partial charge >= 0.3 is 6.18 Å². The Bertz CT molecular complexity index is 582. The zero-order valence-corrected chi connectivity index (χ0v) is 11.9. The molecule has 0 aliphatic rings. The van der Waals surface area contributed by atoms with E-state index in [0.717, 1.165) is 11.6 Å². The van der Waals surface area contributed by atoms with Crippen LogP contribution in [0.15, 0.2) is 48.8 Å². The third-order valence-electron chi connectivity index (χ3n) is 3.42. The van der Waals surface area contributed by atoms with Gasteiger partial charge in [0.25, 0.3) is 0 Å². The van der Waals surface area contributed by atoms with E-state index in [0.29, 0.717) is 5.56 Å². The standard InChI is InChI=1S/C16H17F3N2/c1-11(13-6-8-20-9-7-13)21-12(2)14-4-3-5-15(10-14)16(17,18)19/h3-12,21H,1-2H3. The first-order valence-electron chi connectivity index (χ1n) is 6.71. The van der Waals surface area contributed by atoms with E-state index in [2.05, 4.69) is 10.3 Å². The average molecular weight is 294 g/mol. The fraction of sp³-hybridized carbons (Fsp3) is 0.312. The van der Waals surface area contributed by atoms with Gasteiger partial charge in [-0.2, -0.15) is 13.2 Å². The summed E-state index contributed by atoms with van der Waals surface area (Å²) in [6.45, 7) is 3.83. The number of aromatic nitrogens is 1. The Morgan fingerprint density at radius 3 is 2.19 bits per heavy atom. The van der Waals surface area contributed by atoms with Crippen molar-refractivity contribution in [3.8, 4) is 0 Å². The van der Waals surface area contributed by atoms with Crippen LogP contribution in [0.25, 0.3) is 0 Å². The molecule has 0 aliphatic heterocycles. The van der Waals surface area contributed by atoms with E-state index in [4.69, 9.17) is 0 Å². The molecule has 112 valence electrons. The molecule has 2 aromatic rings. The molecule has 0 spiro atoms. The van der Waals surface area contributed by atoms with E-state index in [1.807, 2.05) is 26.0 Å². The van der Waals surface area contributed by atoms with Crippen molar-refractivity contribution in [2.75, 3.05) is 0 Å². The number of halogens is 3. The fourth-order valence-corrected chi connectivity index (χ4v) is 2.20. The summed E-state index contributed by atoms with van der Waals surface area (Å²) in [5.74, 6) is 0. The molecule has 0 radical (unpaired) electrons. The second-order valence-electron chi connectivity index (χ2n) is 5.01. The van der Waals surface area contributed by atoms with Gasteiger partial charge in [0.15, 0.2) is 0 Å². The molecule has 1 N–H and O–H groups in total. The van der Waals surface area contributed by atoms with Crippen molar-refractivity contribution in [3.05, 3.63) is 65.5 Å². The molecule has 0 amide bonds. The first-order chi connectivity index (χ1) is 9.88. The summed E-state index contributed by atoms with van der Waals surface area (Å²) in [6.07, 6.45) is -0.919. The van der Waals surface area contributed by atoms with Crippen LogP contribution in [0, 0.1) is 0 Å². The lowest BCUT2D eigenvalue weighted by molar-refractivity contribution is -0.137. The minimum Gasteiger partial charge on any atom is -0.304 e. The number of alkyl halides is 3. The van der Waals surface area contributed by atoms with Crippen molar-refractivity contribution in [1.29, 1.82) is 0 Å². The van der Waals surface area contributed by atoms with Crippen molar-refractivity contribution < 1.29 is 13.2 Å². The van der Waals surface area contributed by atoms with Gasteiger partial charge in [0.2, 0.25) is 0 Å². The smallest absolute Gasteiger partial charge is 0.304 e. The molecule has 0 saturated heterocycles. The number of rotatable bonds is 4. The van der Waals surface area contributed by atoms with Crippen molar-refractivity contribution in [1.82, 2.24) is 10.3 Å². The van der Waals surface area contributed by atoms with Crippen LogP contribution in [0.3, 0.4) is 0 Å². The van der Waals surface area contributed by atoms with Crippen molar-refractivity contribution in [2.45, 2.75) is 32.1 Å². The number of pyridine rings is 1. The molecule has 0 saturated carbocycles. The van der Waals surface area contributed by atoms with Crippen LogP contribution in [0.4, 0.5) is 13.2 Å². The summed E-state index contributed by atoms with van der Waals surface area (Å²) in [4.78, 5) is 3.95. The molecule has 21 heavy (non-hydrogen) atoms. The summed E-state index contributed by atoms with van der Waals surface area (Å²) in [7, 11) is 0. The quantitative estimate of drug-likeness (QED) is 0.897. The highest BCUT2D eigenvalue weighted by atomic mass is 19.4. The number of hydrogen-bond acceptors (Lipinski definition) is 2. The van der Waals surface area contributed by atoms with Crippen LogP contribution in [0.1, 0.15) is 42.6 Å². The Balaban J connectivity index is 2.12. The largest absolute Gasteiger partial charge is 0.416 e. The van der Waals surface area contributed by atoms with E-state index >= 15 is 0 Å². The third kappa shape index (κ3) is 4.04. The molecule has 1 aromatic carbocycles. The highest BCUT2D eigenvalue weighted by molar-refractivity contribution is 5.28. The lowest BCUT2D eigenvalue weighted by Gasteiger charge is -2.21. The van der Waals surface area contributed by atoms with Gasteiger partial charge in [0.05, 0.1) is 5.56 Å². The molecule has 0 bridgehead atoms. The van der Waals surface area contributed by atoms with Crippen molar-refractivity contribution in [2.24, 2.45) is 0 Å². The predicted molar refractivity (Wildman–Crippen MR) is 75.6 cm³/mol. The monoisotopic (exact) mass is 294 g/mol. The van der Waals surface area contributed by atoms with E-state index in [1.165, 1.54) is 12.1 Å². The Morgan fingerprint density at radius 2 is 1.57 bits per heavy atom. The molecular weight excluding hydrogens is 277 g/mol. The Kier molecular flexibility index (Phi) is 4.63. The molecule has 2 nitrogen and oxygen atoms in total. The lowest BCUT2D eigenvalue weighted by atomic mass is 10.0. The maximum atomic E-state index is 12.7. The van der Waals surface area contributed by atoms with Crippen LogP contribution in [0.5, 0.6) is 0 Å². The van der Waals surface area contributed by atoms with Gasteiger partial charge in [-0.25, -0.2) is 0 Å². The van der Waals surface area contributed by atoms with Gasteiger partial charge in [0, 0.05) is 24.5 Å². The minimum atomic E-state index is -4.31. The highest BCUT2D eigenvalue weighted by Crippen LogP contribution is 2.31. The molecule has 2 rings (SSSR count). The van der Waals surface area contributed by atoms with E-state index in [1.54, 1.807) is 18.5 Å². The lowest BCUT2D eigenvalue weighted by Crippen LogP contribution is -2.22. The van der Waals surface area contributed by atoms with Crippen LogP contribution >= 0.6 is 0 Å². The second kappa shape index (κ2) is 6.26. The van der Waals surface area contributed by atoms with E-state index < -0.39 is 11.7 Å². The van der Waals surface area contributed by atoms with Crippen LogP contribution < -0.4 is 5.32 Å². The Labute approximate surface area is 122 Å². The summed E-state index contributed by atoms with van der Waals surface area (Å²) >= 11 is 0. The van der Waals surface area contributed by atoms with Gasteiger partial charge in [0.1, 0.15) is 0 Å². The maximum Gasteiger partial charge on any atom is 0.416 e. The molecule has 1 heterocycles. The number of nitrogens with zero attached hydrogens (tertiary/aromatic N) is 1. The summed E-state index contributed by atoms with van der Waals surface area (Å²) in [5, 5.41) is 3.30. The Hall–Kier alpha value is -1.88. The molecule has 2 unspecified atom stereocenters. The maximum absolute atomic E-state index is 12.7. The van der Waals surface area contributed by atoms with Crippen LogP contribution in [-0.4, -0.2) is 4.98 Å². The SMILES string of the molecule is CC(NC(C)c1cccc(C(F)(F)F)c1)c1ccncc1. The van der Waals surface area contributed by atoms with Gasteiger partial charge in [-0.15, -0.1) is 0 Å². The molecule has 2 atom stereocenters. The van der Waals surface area contributed by atoms with Gasteiger partial charge in [-0.1, -0.05) is 12.1 Å². The predicted octanol–water partition coefficient (Wildman–Crippen LogP) is 4.51. The third-order valence-corrected chi connectivity index (χ3v) is 3.42. The fourth-order valence-electron chi connectivity index (χ4n) is 2.20. The van der Waals surface area contributed by atoms with E-state index in [9.17, 15) is 13.2 Å². The number of nitrogens with one attached hydrogen (secondary N) is 1. The molecule has 5 heteroatoms. The second-order valence-corrected chi connectivity index (χ2v) is 5.01. The highest BCUT2D eigenvalue weighted by Gasteiger charge is 2.30. The zero-order valence-electron chi connectivity index (χ0n) is 11.9. The average Bonchev–Trinajstić information content (AvgIpc) is 2.47. The van der Waals surface area contributed by atoms with E-state index in [-0.39, 0.29) is 12.1 Å². The molecule has 0 fully saturated rings. The van der Waals surface area contributed by atoms with Crippen LogP contribution in [-0.2, 0) is 6.18 Å². The molecule has 0 aliphatic carbocycles. The van der Waals surface area contributed by atoms with Gasteiger partial charge in [-0.3, -0.25) is 4.98 Å². The van der Waals surface area contributed by atoms with Gasteiger partial charge in [-0.05, 0) is 49.2 Å². The first-order valence-corrected chi connectivity index (χ1v) is 6.71. The molecule has 1 aromatic heterocycles. The zero-order chi connectivity index (χ0) is 15.5. The normalized spacial score (nSPS) is 14.7. The number of benzene rings is 1. The molecular formula is C16H17F3N2. The van der Waals surface area contributed by atoms with Gasteiger partial charge < -0.3 is 5.32 Å². The topological polar surface area (TPSA) is 24.9 Å². The summed E-state index contributed by atoms with van der Waals surface area (Å²) < 4.78 is 38.2. The Morgan fingerprint density at radius 1 is 0.952 bits per heavy atom. The van der Waals surface area contributed by atoms with Crippen molar-refractivity contribution >= 4 is 0 Å². The van der Waals surface area contributed by atoms with Crippen molar-refractivity contribution in [3.63, 3.8) is 0 Å². The summed E-state index contributed by atoms with van der Waals surface area (Å²) in [6, 6.07) is 9.03. The minimum absolute atomic E-state index is 0.0255. The summed E-state index contributed by atoms with van der Waals surface area (Å²) in [5.41, 5.74) is 1.04. The van der Waals surface area contributed by atoms with Crippen LogP contribution in [0.2, 0.25) is 0 Å².